The molecule has 160 valence electrons. The van der Waals surface area contributed by atoms with Crippen molar-refractivity contribution in [3.05, 3.63) is 23.8 Å². The summed E-state index contributed by atoms with van der Waals surface area (Å²) in [6.07, 6.45) is -0.167. The van der Waals surface area contributed by atoms with Gasteiger partial charge >= 0.3 is 0 Å². The van der Waals surface area contributed by atoms with E-state index in [9.17, 15) is 25.9 Å². The minimum atomic E-state index is -4.79. The van der Waals surface area contributed by atoms with E-state index in [1.807, 2.05) is 13.8 Å². The van der Waals surface area contributed by atoms with Gasteiger partial charge in [-0.15, -0.1) is 0 Å². The van der Waals surface area contributed by atoms with Crippen LogP contribution in [0.5, 0.6) is 0 Å². The molecule has 3 unspecified atom stereocenters. The maximum atomic E-state index is 11.9. The molecule has 2 rings (SSSR count). The van der Waals surface area contributed by atoms with Crippen molar-refractivity contribution in [3.63, 3.8) is 0 Å². The Morgan fingerprint density at radius 3 is 2.14 bits per heavy atom. The topological polar surface area (TPSA) is 127 Å². The lowest BCUT2D eigenvalue weighted by Crippen LogP contribution is -2.38. The summed E-state index contributed by atoms with van der Waals surface area (Å²) in [5.74, 6) is 0.139. The molecular weight excluding hydrogens is 408 g/mol. The second kappa shape index (κ2) is 8.00. The molecule has 0 aromatic heterocycles. The Morgan fingerprint density at radius 1 is 1.07 bits per heavy atom. The lowest BCUT2D eigenvalue weighted by molar-refractivity contribution is -0.261. The van der Waals surface area contributed by atoms with Gasteiger partial charge in [0.05, 0.1) is 17.1 Å². The summed E-state index contributed by atoms with van der Waals surface area (Å²) in [4.78, 5) is -1.32. The third kappa shape index (κ3) is 5.98. The van der Waals surface area contributed by atoms with Gasteiger partial charge in [-0.1, -0.05) is 40.7 Å². The Morgan fingerprint density at radius 2 is 1.68 bits per heavy atom. The average molecular weight is 437 g/mol. The van der Waals surface area contributed by atoms with Crippen molar-refractivity contribution in [3.8, 4) is 0 Å². The van der Waals surface area contributed by atoms with Crippen molar-refractivity contribution in [1.82, 2.24) is 0 Å². The first kappa shape index (κ1) is 23.2. The molecule has 1 heterocycles. The van der Waals surface area contributed by atoms with Crippen LogP contribution in [0.4, 0.5) is 0 Å². The molecule has 1 fully saturated rings. The number of rotatable bonds is 5. The fourth-order valence-electron chi connectivity index (χ4n) is 3.22. The minimum Gasteiger partial charge on any atom is -0.345 e. The maximum absolute atomic E-state index is 11.9. The summed E-state index contributed by atoms with van der Waals surface area (Å²) in [5, 5.41) is 0. The first-order chi connectivity index (χ1) is 12.6. The van der Waals surface area contributed by atoms with Crippen LogP contribution >= 0.6 is 0 Å². The number of hydrogen-bond acceptors (Lipinski definition) is 6. The first-order valence-electron chi connectivity index (χ1n) is 8.98. The van der Waals surface area contributed by atoms with E-state index >= 15 is 0 Å². The summed E-state index contributed by atoms with van der Waals surface area (Å²) < 4.78 is 77.2. The first-order valence-corrected chi connectivity index (χ1v) is 11.9. The smallest absolute Gasteiger partial charge is 0.295 e. The van der Waals surface area contributed by atoms with E-state index in [4.69, 9.17) is 9.47 Å². The van der Waals surface area contributed by atoms with Crippen LogP contribution in [-0.4, -0.2) is 38.1 Å². The molecule has 1 aliphatic rings. The zero-order valence-corrected chi connectivity index (χ0v) is 18.2. The van der Waals surface area contributed by atoms with Crippen LogP contribution in [-0.2, 0) is 29.7 Å². The maximum Gasteiger partial charge on any atom is 0.295 e. The Balaban J connectivity index is 2.51. The van der Waals surface area contributed by atoms with E-state index in [0.717, 1.165) is 6.07 Å². The molecule has 1 aliphatic heterocycles. The predicted molar refractivity (Wildman–Crippen MR) is 102 cm³/mol. The van der Waals surface area contributed by atoms with Crippen LogP contribution in [0.15, 0.2) is 28.0 Å². The van der Waals surface area contributed by atoms with Gasteiger partial charge in [-0.2, -0.15) is 16.8 Å². The van der Waals surface area contributed by atoms with Gasteiger partial charge in [0.1, 0.15) is 4.90 Å². The fourth-order valence-corrected chi connectivity index (χ4v) is 4.54. The van der Waals surface area contributed by atoms with E-state index in [0.29, 0.717) is 18.9 Å². The molecule has 10 heteroatoms. The van der Waals surface area contributed by atoms with Gasteiger partial charge in [-0.3, -0.25) is 9.11 Å². The lowest BCUT2D eigenvalue weighted by Gasteiger charge is -2.40. The van der Waals surface area contributed by atoms with Gasteiger partial charge in [0.2, 0.25) is 0 Å². The van der Waals surface area contributed by atoms with Gasteiger partial charge in [0.25, 0.3) is 20.2 Å². The number of ether oxygens (including phenoxy) is 2. The summed E-state index contributed by atoms with van der Waals surface area (Å²) in [7, 11) is -9.44. The normalized spacial score (nSPS) is 24.5. The van der Waals surface area contributed by atoms with Crippen molar-refractivity contribution in [2.45, 2.75) is 75.7 Å². The molecule has 28 heavy (non-hydrogen) atoms. The molecule has 0 bridgehead atoms. The second-order valence-electron chi connectivity index (χ2n) is 8.66. The molecule has 0 radical (unpaired) electrons. The van der Waals surface area contributed by atoms with E-state index in [2.05, 4.69) is 20.8 Å². The Hall–Kier alpha value is -1.04. The largest absolute Gasteiger partial charge is 0.345 e. The monoisotopic (exact) mass is 436 g/mol. The molecule has 2 N–H and O–H groups in total. The van der Waals surface area contributed by atoms with E-state index in [1.54, 1.807) is 0 Å². The molecule has 1 saturated heterocycles. The zero-order chi connectivity index (χ0) is 21.5. The van der Waals surface area contributed by atoms with E-state index < -0.39 is 36.3 Å². The predicted octanol–water partition coefficient (Wildman–Crippen LogP) is 3.44. The van der Waals surface area contributed by atoms with Crippen molar-refractivity contribution >= 4 is 20.2 Å². The van der Waals surface area contributed by atoms with E-state index in [1.165, 1.54) is 6.07 Å². The van der Waals surface area contributed by atoms with Crippen LogP contribution in [0, 0.1) is 11.3 Å². The van der Waals surface area contributed by atoms with Gasteiger partial charge in [0.15, 0.2) is 6.29 Å². The highest BCUT2D eigenvalue weighted by Crippen LogP contribution is 2.39. The fraction of sp³-hybridized carbons (Fsp3) is 0.667. The van der Waals surface area contributed by atoms with Crippen LogP contribution in [0.3, 0.4) is 0 Å². The van der Waals surface area contributed by atoms with E-state index in [-0.39, 0.29) is 29.1 Å². The third-order valence-corrected chi connectivity index (χ3v) is 6.27. The highest BCUT2D eigenvalue weighted by Gasteiger charge is 2.37. The number of hydrogen-bond donors (Lipinski definition) is 2. The van der Waals surface area contributed by atoms with Gasteiger partial charge in [-0.25, -0.2) is 0 Å². The van der Waals surface area contributed by atoms with Crippen molar-refractivity contribution in [2.24, 2.45) is 11.3 Å². The van der Waals surface area contributed by atoms with Crippen LogP contribution in [0.2, 0.25) is 0 Å². The Labute approximate surface area is 166 Å². The van der Waals surface area contributed by atoms with Gasteiger partial charge < -0.3 is 9.47 Å². The SMILES string of the molecule is CC(C)C1CC(CC(C)(C)C)OC(c2ccc(S(=O)(=O)O)cc2S(=O)(=O)O)O1. The second-order valence-corrected chi connectivity index (χ2v) is 11.5. The molecule has 3 atom stereocenters. The number of benzene rings is 1. The highest BCUT2D eigenvalue weighted by atomic mass is 32.2. The standard InChI is InChI=1S/C18H28O8S2/c1-11(2)15-8-12(10-18(3,4)5)25-17(26-15)14-7-6-13(27(19,20)21)9-16(14)28(22,23)24/h6-7,9,11-12,15,17H,8,10H2,1-5H3,(H,19,20,21)(H,22,23,24). The van der Waals surface area contributed by atoms with Gasteiger partial charge in [0, 0.05) is 12.0 Å². The molecular formula is C18H28O8S2. The summed E-state index contributed by atoms with van der Waals surface area (Å²) in [6, 6.07) is 2.92. The molecule has 1 aromatic carbocycles. The average Bonchev–Trinajstić information content (AvgIpc) is 2.50. The summed E-state index contributed by atoms with van der Waals surface area (Å²) >= 11 is 0. The summed E-state index contributed by atoms with van der Waals surface area (Å²) in [6.45, 7) is 10.2. The molecule has 1 aromatic rings. The van der Waals surface area contributed by atoms with Crippen LogP contribution < -0.4 is 0 Å². The van der Waals surface area contributed by atoms with Gasteiger partial charge in [-0.05, 0) is 29.9 Å². The third-order valence-electron chi connectivity index (χ3n) is 4.51. The molecule has 0 amide bonds. The highest BCUT2D eigenvalue weighted by molar-refractivity contribution is 7.86. The van der Waals surface area contributed by atoms with Crippen molar-refractivity contribution in [2.75, 3.05) is 0 Å². The molecule has 0 spiro atoms. The summed E-state index contributed by atoms with van der Waals surface area (Å²) in [5.41, 5.74) is -0.0476. The lowest BCUT2D eigenvalue weighted by atomic mass is 9.85. The van der Waals surface area contributed by atoms with Crippen molar-refractivity contribution in [1.29, 1.82) is 0 Å². The van der Waals surface area contributed by atoms with Crippen molar-refractivity contribution < 1.29 is 35.4 Å². The Kier molecular flexibility index (Phi) is 6.64. The molecule has 0 aliphatic carbocycles. The van der Waals surface area contributed by atoms with Crippen LogP contribution in [0.25, 0.3) is 0 Å². The van der Waals surface area contributed by atoms with Crippen LogP contribution in [0.1, 0.15) is 59.3 Å². The minimum absolute atomic E-state index is 0.0147. The molecule has 0 saturated carbocycles. The quantitative estimate of drug-likeness (QED) is 0.672. The Bertz CT molecular complexity index is 913. The molecule has 8 nitrogen and oxygen atoms in total. The zero-order valence-electron chi connectivity index (χ0n) is 16.6.